The van der Waals surface area contributed by atoms with Crippen LogP contribution in [-0.4, -0.2) is 59.0 Å². The Morgan fingerprint density at radius 1 is 1.12 bits per heavy atom. The first-order valence-electron chi connectivity index (χ1n) is 10.5. The number of halogens is 1. The lowest BCUT2D eigenvalue weighted by atomic mass is 10.1. The largest absolute Gasteiger partial charge is 0.353 e. The van der Waals surface area contributed by atoms with Gasteiger partial charge in [-0.1, -0.05) is 41.9 Å². The van der Waals surface area contributed by atoms with Gasteiger partial charge in [-0.25, -0.2) is 0 Å². The van der Waals surface area contributed by atoms with Crippen LogP contribution in [0.1, 0.15) is 22.3 Å². The van der Waals surface area contributed by atoms with E-state index in [-0.39, 0.29) is 24.9 Å². The molecule has 10 heteroatoms. The molecule has 0 unspecified atom stereocenters. The predicted molar refractivity (Wildman–Crippen MR) is 138 cm³/mol. The minimum Gasteiger partial charge on any atom is -0.353 e. The molecule has 1 saturated heterocycles. The summed E-state index contributed by atoms with van der Waals surface area (Å²) in [6.45, 7) is 0.123. The van der Waals surface area contributed by atoms with Gasteiger partial charge in [0.25, 0.3) is 17.1 Å². The van der Waals surface area contributed by atoms with E-state index in [1.54, 1.807) is 66.4 Å². The highest BCUT2D eigenvalue weighted by molar-refractivity contribution is 8.18. The molecule has 3 rings (SSSR count). The monoisotopic (exact) mass is 517 g/mol. The number of thioether (sulfide) groups is 2. The maximum Gasteiger partial charge on any atom is 0.293 e. The highest BCUT2D eigenvalue weighted by atomic mass is 35.5. The zero-order valence-electron chi connectivity index (χ0n) is 18.5. The SMILES string of the molecule is CSCC[C@H](NC(=O)c1ccccc1)C(=O)NCCN1C(=O)S/C(=C/c2ccc(Cl)cc2)C1=O. The number of rotatable bonds is 10. The van der Waals surface area contributed by atoms with Crippen molar-refractivity contribution in [3.63, 3.8) is 0 Å². The molecule has 178 valence electrons. The molecule has 2 N–H and O–H groups in total. The first-order chi connectivity index (χ1) is 16.4. The van der Waals surface area contributed by atoms with Crippen LogP contribution in [0.15, 0.2) is 59.5 Å². The molecular formula is C24H24ClN3O4S2. The van der Waals surface area contributed by atoms with Gasteiger partial charge in [-0.15, -0.1) is 0 Å². The van der Waals surface area contributed by atoms with Crippen LogP contribution in [0.25, 0.3) is 6.08 Å². The van der Waals surface area contributed by atoms with Crippen LogP contribution in [0.2, 0.25) is 5.02 Å². The molecule has 1 aliphatic rings. The minimum absolute atomic E-state index is 0.0379. The maximum absolute atomic E-state index is 12.7. The lowest BCUT2D eigenvalue weighted by Gasteiger charge is -2.19. The van der Waals surface area contributed by atoms with Gasteiger partial charge in [0.05, 0.1) is 4.91 Å². The summed E-state index contributed by atoms with van der Waals surface area (Å²) >= 11 is 8.31. The quantitative estimate of drug-likeness (QED) is 0.462. The second-order valence-electron chi connectivity index (χ2n) is 7.35. The van der Waals surface area contributed by atoms with E-state index in [1.165, 1.54) is 0 Å². The number of amides is 4. The standard InChI is InChI=1S/C24H24ClN3O4S2/c1-33-14-11-19(27-21(29)17-5-3-2-4-6-17)22(30)26-12-13-28-23(31)20(34-24(28)32)15-16-7-9-18(25)10-8-16/h2-10,15,19H,11-14H2,1H3,(H,26,30)(H,27,29)/b20-15+/t19-/m0/s1. The van der Waals surface area contributed by atoms with E-state index in [2.05, 4.69) is 10.6 Å². The fourth-order valence-corrected chi connectivity index (χ4v) is 4.62. The van der Waals surface area contributed by atoms with Crippen LogP contribution in [0.5, 0.6) is 0 Å². The number of carbonyl (C=O) groups excluding carboxylic acids is 4. The third-order valence-corrected chi connectivity index (χ3v) is 6.75. The zero-order valence-corrected chi connectivity index (χ0v) is 20.8. The highest BCUT2D eigenvalue weighted by Gasteiger charge is 2.34. The molecule has 0 bridgehead atoms. The molecular weight excluding hydrogens is 494 g/mol. The Bertz CT molecular complexity index is 1080. The molecule has 1 aliphatic heterocycles. The van der Waals surface area contributed by atoms with Crippen LogP contribution in [-0.2, 0) is 9.59 Å². The second kappa shape index (κ2) is 12.6. The summed E-state index contributed by atoms with van der Waals surface area (Å²) in [7, 11) is 0. The van der Waals surface area contributed by atoms with E-state index in [4.69, 9.17) is 11.6 Å². The molecule has 1 heterocycles. The van der Waals surface area contributed by atoms with Crippen molar-refractivity contribution in [2.75, 3.05) is 25.1 Å². The molecule has 0 radical (unpaired) electrons. The van der Waals surface area contributed by atoms with Crippen LogP contribution in [0.4, 0.5) is 4.79 Å². The van der Waals surface area contributed by atoms with Gasteiger partial charge in [-0.3, -0.25) is 24.1 Å². The van der Waals surface area contributed by atoms with E-state index < -0.39 is 17.2 Å². The van der Waals surface area contributed by atoms with Crippen molar-refractivity contribution in [2.24, 2.45) is 0 Å². The topological polar surface area (TPSA) is 95.6 Å². The summed E-state index contributed by atoms with van der Waals surface area (Å²) in [5.41, 5.74) is 1.23. The van der Waals surface area contributed by atoms with Gasteiger partial charge in [0, 0.05) is 23.7 Å². The molecule has 0 aromatic heterocycles. The van der Waals surface area contributed by atoms with Gasteiger partial charge in [0.15, 0.2) is 0 Å². The number of hydrogen-bond donors (Lipinski definition) is 2. The number of carbonyl (C=O) groups is 4. The van der Waals surface area contributed by atoms with Crippen molar-refractivity contribution < 1.29 is 19.2 Å². The lowest BCUT2D eigenvalue weighted by Crippen LogP contribution is -2.48. The number of benzene rings is 2. The van der Waals surface area contributed by atoms with Crippen molar-refractivity contribution in [1.82, 2.24) is 15.5 Å². The van der Waals surface area contributed by atoms with E-state index in [0.29, 0.717) is 27.7 Å². The smallest absolute Gasteiger partial charge is 0.293 e. The summed E-state index contributed by atoms with van der Waals surface area (Å²) in [5, 5.41) is 5.69. The van der Waals surface area contributed by atoms with E-state index in [9.17, 15) is 19.2 Å². The van der Waals surface area contributed by atoms with Gasteiger partial charge in [0.2, 0.25) is 5.91 Å². The molecule has 0 saturated carbocycles. The Balaban J connectivity index is 1.56. The van der Waals surface area contributed by atoms with E-state index in [0.717, 1.165) is 22.2 Å². The Morgan fingerprint density at radius 3 is 2.50 bits per heavy atom. The van der Waals surface area contributed by atoms with Gasteiger partial charge >= 0.3 is 0 Å². The summed E-state index contributed by atoms with van der Waals surface area (Å²) in [4.78, 5) is 51.6. The first-order valence-corrected chi connectivity index (χ1v) is 13.1. The molecule has 1 fully saturated rings. The third kappa shape index (κ3) is 7.12. The number of nitrogens with zero attached hydrogens (tertiary/aromatic N) is 1. The third-order valence-electron chi connectivity index (χ3n) is 4.94. The molecule has 7 nitrogen and oxygen atoms in total. The van der Waals surface area contributed by atoms with Crippen LogP contribution in [0, 0.1) is 0 Å². The average molecular weight is 518 g/mol. The number of nitrogens with one attached hydrogen (secondary N) is 2. The molecule has 0 aliphatic carbocycles. The Kier molecular flexibility index (Phi) is 9.62. The molecule has 34 heavy (non-hydrogen) atoms. The van der Waals surface area contributed by atoms with Crippen LogP contribution < -0.4 is 10.6 Å². The van der Waals surface area contributed by atoms with Gasteiger partial charge in [0.1, 0.15) is 6.04 Å². The van der Waals surface area contributed by atoms with Crippen molar-refractivity contribution in [1.29, 1.82) is 0 Å². The summed E-state index contributed by atoms with van der Waals surface area (Å²) < 4.78 is 0. The first kappa shape index (κ1) is 25.9. The number of imide groups is 1. The summed E-state index contributed by atoms with van der Waals surface area (Å²) in [6, 6.07) is 14.9. The van der Waals surface area contributed by atoms with Crippen molar-refractivity contribution in [3.8, 4) is 0 Å². The van der Waals surface area contributed by atoms with Gasteiger partial charge < -0.3 is 10.6 Å². The van der Waals surface area contributed by atoms with E-state index in [1.807, 2.05) is 12.3 Å². The molecule has 2 aromatic carbocycles. The predicted octanol–water partition coefficient (Wildman–Crippen LogP) is 4.04. The highest BCUT2D eigenvalue weighted by Crippen LogP contribution is 2.32. The van der Waals surface area contributed by atoms with Crippen molar-refractivity contribution in [3.05, 3.63) is 75.7 Å². The summed E-state index contributed by atoms with van der Waals surface area (Å²) in [6.07, 6.45) is 4.01. The lowest BCUT2D eigenvalue weighted by molar-refractivity contribution is -0.125. The van der Waals surface area contributed by atoms with E-state index >= 15 is 0 Å². The minimum atomic E-state index is -0.722. The fourth-order valence-electron chi connectivity index (χ4n) is 3.15. The van der Waals surface area contributed by atoms with Gasteiger partial charge in [-0.2, -0.15) is 11.8 Å². The molecule has 1 atom stereocenters. The van der Waals surface area contributed by atoms with Crippen LogP contribution in [0.3, 0.4) is 0 Å². The average Bonchev–Trinajstić information content (AvgIpc) is 3.10. The van der Waals surface area contributed by atoms with Gasteiger partial charge in [-0.05, 0) is 66.1 Å². The molecule has 2 aromatic rings. The van der Waals surface area contributed by atoms with Crippen LogP contribution >= 0.6 is 35.1 Å². The Labute approximate surface area is 211 Å². The zero-order chi connectivity index (χ0) is 24.5. The fraction of sp³-hybridized carbons (Fsp3) is 0.250. The Morgan fingerprint density at radius 2 is 1.82 bits per heavy atom. The summed E-state index contributed by atoms with van der Waals surface area (Å²) in [5.74, 6) is -0.413. The number of hydrogen-bond acceptors (Lipinski definition) is 6. The molecule has 4 amide bonds. The Hall–Kier alpha value is -2.75. The molecule has 0 spiro atoms. The normalized spacial score (nSPS) is 15.5. The van der Waals surface area contributed by atoms with Crippen molar-refractivity contribution in [2.45, 2.75) is 12.5 Å². The maximum atomic E-state index is 12.7. The second-order valence-corrected chi connectivity index (χ2v) is 9.76. The van der Waals surface area contributed by atoms with Crippen molar-refractivity contribution >= 4 is 64.2 Å².